The Kier molecular flexibility index (Phi) is 3.63. The van der Waals surface area contributed by atoms with Gasteiger partial charge in [0.25, 0.3) is 5.91 Å². The van der Waals surface area contributed by atoms with Crippen LogP contribution in [0.25, 0.3) is 0 Å². The SMILES string of the molecule is CN(CC1CCCCN1)C(=O)c1c[nH]c(=O)[nH]1. The predicted octanol–water partition coefficient (Wildman–Crippen LogP) is -0.0829. The van der Waals surface area contributed by atoms with Gasteiger partial charge in [0, 0.05) is 25.8 Å². The Morgan fingerprint density at radius 1 is 1.53 bits per heavy atom. The lowest BCUT2D eigenvalue weighted by Gasteiger charge is -2.27. The summed E-state index contributed by atoms with van der Waals surface area (Å²) in [5.41, 5.74) is -0.0362. The molecule has 1 aliphatic rings. The van der Waals surface area contributed by atoms with E-state index in [0.717, 1.165) is 13.0 Å². The molecule has 17 heavy (non-hydrogen) atoms. The highest BCUT2D eigenvalue weighted by molar-refractivity contribution is 5.91. The summed E-state index contributed by atoms with van der Waals surface area (Å²) in [6.07, 6.45) is 4.93. The molecule has 0 aromatic carbocycles. The maximum atomic E-state index is 11.9. The number of carbonyl (C=O) groups is 1. The number of hydrogen-bond acceptors (Lipinski definition) is 3. The number of rotatable bonds is 3. The predicted molar refractivity (Wildman–Crippen MR) is 64.0 cm³/mol. The highest BCUT2D eigenvalue weighted by Crippen LogP contribution is 2.08. The Labute approximate surface area is 99.4 Å². The van der Waals surface area contributed by atoms with Gasteiger partial charge in [0.2, 0.25) is 0 Å². The highest BCUT2D eigenvalue weighted by atomic mass is 16.2. The third-order valence-corrected chi connectivity index (χ3v) is 3.08. The van der Waals surface area contributed by atoms with Crippen molar-refractivity contribution in [3.05, 3.63) is 22.4 Å². The van der Waals surface area contributed by atoms with E-state index in [2.05, 4.69) is 15.3 Å². The first kappa shape index (κ1) is 11.9. The fourth-order valence-electron chi connectivity index (χ4n) is 2.15. The molecule has 1 aromatic rings. The maximum absolute atomic E-state index is 11.9. The summed E-state index contributed by atoms with van der Waals surface area (Å²) in [7, 11) is 1.75. The van der Waals surface area contributed by atoms with Crippen molar-refractivity contribution in [2.75, 3.05) is 20.1 Å². The van der Waals surface area contributed by atoms with Crippen LogP contribution in [0.3, 0.4) is 0 Å². The van der Waals surface area contributed by atoms with Gasteiger partial charge >= 0.3 is 5.69 Å². The Morgan fingerprint density at radius 3 is 2.94 bits per heavy atom. The molecule has 2 heterocycles. The van der Waals surface area contributed by atoms with Gasteiger partial charge < -0.3 is 20.2 Å². The summed E-state index contributed by atoms with van der Waals surface area (Å²) in [4.78, 5) is 29.4. The van der Waals surface area contributed by atoms with Crippen molar-refractivity contribution in [2.24, 2.45) is 0 Å². The van der Waals surface area contributed by atoms with Crippen LogP contribution in [0, 0.1) is 0 Å². The number of aromatic amines is 2. The molecule has 1 aromatic heterocycles. The van der Waals surface area contributed by atoms with Crippen LogP contribution in [0.2, 0.25) is 0 Å². The number of amides is 1. The number of likely N-dealkylation sites (N-methyl/N-ethyl adjacent to an activating group) is 1. The molecule has 0 bridgehead atoms. The van der Waals surface area contributed by atoms with E-state index in [1.165, 1.54) is 19.0 Å². The Bertz CT molecular complexity index is 431. The first-order valence-corrected chi connectivity index (χ1v) is 5.93. The summed E-state index contributed by atoms with van der Waals surface area (Å²) >= 11 is 0. The van der Waals surface area contributed by atoms with Crippen molar-refractivity contribution in [2.45, 2.75) is 25.3 Å². The number of carbonyl (C=O) groups excluding carboxylic acids is 1. The maximum Gasteiger partial charge on any atom is 0.323 e. The van der Waals surface area contributed by atoms with Gasteiger partial charge in [0.05, 0.1) is 0 Å². The summed E-state index contributed by atoms with van der Waals surface area (Å²) in [5.74, 6) is -0.157. The van der Waals surface area contributed by atoms with Gasteiger partial charge in [0.1, 0.15) is 5.69 Å². The fraction of sp³-hybridized carbons (Fsp3) is 0.636. The first-order valence-electron chi connectivity index (χ1n) is 5.93. The van der Waals surface area contributed by atoms with Crippen LogP contribution in [0.5, 0.6) is 0 Å². The normalized spacial score (nSPS) is 20.2. The molecule has 0 saturated carbocycles. The third kappa shape index (κ3) is 2.97. The number of aromatic nitrogens is 2. The average Bonchev–Trinajstić information content (AvgIpc) is 2.76. The van der Waals surface area contributed by atoms with Crippen molar-refractivity contribution in [3.8, 4) is 0 Å². The Hall–Kier alpha value is -1.56. The van der Waals surface area contributed by atoms with Crippen LogP contribution in [0.1, 0.15) is 29.8 Å². The van der Waals surface area contributed by atoms with Gasteiger partial charge in [-0.05, 0) is 19.4 Å². The topological polar surface area (TPSA) is 81.0 Å². The van der Waals surface area contributed by atoms with Gasteiger partial charge in [-0.2, -0.15) is 0 Å². The van der Waals surface area contributed by atoms with Crippen molar-refractivity contribution in [1.29, 1.82) is 0 Å². The number of imidazole rings is 1. The van der Waals surface area contributed by atoms with Crippen molar-refractivity contribution < 1.29 is 4.79 Å². The highest BCUT2D eigenvalue weighted by Gasteiger charge is 2.19. The molecule has 1 unspecified atom stereocenters. The van der Waals surface area contributed by atoms with Crippen LogP contribution < -0.4 is 11.0 Å². The lowest BCUT2D eigenvalue weighted by atomic mass is 10.0. The minimum Gasteiger partial charge on any atom is -0.339 e. The fourth-order valence-corrected chi connectivity index (χ4v) is 2.15. The molecule has 3 N–H and O–H groups in total. The number of hydrogen-bond donors (Lipinski definition) is 3. The Balaban J connectivity index is 1.92. The second kappa shape index (κ2) is 5.18. The summed E-state index contributed by atoms with van der Waals surface area (Å²) in [6.45, 7) is 1.69. The van der Waals surface area contributed by atoms with E-state index in [1.54, 1.807) is 11.9 Å². The zero-order valence-electron chi connectivity index (χ0n) is 9.95. The van der Waals surface area contributed by atoms with Crippen LogP contribution in [0.4, 0.5) is 0 Å². The minimum atomic E-state index is -0.349. The molecule has 0 spiro atoms. The van der Waals surface area contributed by atoms with Gasteiger partial charge in [-0.15, -0.1) is 0 Å². The van der Waals surface area contributed by atoms with Crippen molar-refractivity contribution >= 4 is 5.91 Å². The van der Waals surface area contributed by atoms with Crippen molar-refractivity contribution in [3.63, 3.8) is 0 Å². The zero-order valence-corrected chi connectivity index (χ0v) is 9.95. The van der Waals surface area contributed by atoms with E-state index >= 15 is 0 Å². The largest absolute Gasteiger partial charge is 0.339 e. The number of nitrogens with one attached hydrogen (secondary N) is 3. The van der Waals surface area contributed by atoms with Gasteiger partial charge in [-0.3, -0.25) is 4.79 Å². The number of H-pyrrole nitrogens is 2. The molecule has 0 aliphatic carbocycles. The first-order chi connectivity index (χ1) is 8.16. The molecule has 1 saturated heterocycles. The standard InChI is InChI=1S/C11H18N4O2/c1-15(7-8-4-2-3-5-12-8)10(16)9-6-13-11(17)14-9/h6,8,12H,2-5,7H2,1H3,(H2,13,14,17). The van der Waals surface area contributed by atoms with Crippen LogP contribution in [-0.2, 0) is 0 Å². The summed E-state index contributed by atoms with van der Waals surface area (Å²) in [6, 6.07) is 0.364. The van der Waals surface area contributed by atoms with E-state index < -0.39 is 0 Å². The molecule has 6 nitrogen and oxygen atoms in total. The molecule has 1 amide bonds. The molecule has 1 atom stereocenters. The smallest absolute Gasteiger partial charge is 0.323 e. The lowest BCUT2D eigenvalue weighted by Crippen LogP contribution is -2.44. The molecule has 0 radical (unpaired) electrons. The molecule has 1 fully saturated rings. The van der Waals surface area contributed by atoms with Gasteiger partial charge in [0.15, 0.2) is 0 Å². The molecular weight excluding hydrogens is 220 g/mol. The number of piperidine rings is 1. The van der Waals surface area contributed by atoms with E-state index in [-0.39, 0.29) is 11.6 Å². The van der Waals surface area contributed by atoms with Crippen LogP contribution in [-0.4, -0.2) is 47.0 Å². The quantitative estimate of drug-likeness (QED) is 0.689. The summed E-state index contributed by atoms with van der Waals surface area (Å²) in [5, 5.41) is 3.39. The van der Waals surface area contributed by atoms with E-state index in [1.807, 2.05) is 0 Å². The second-order valence-corrected chi connectivity index (χ2v) is 4.49. The molecule has 1 aliphatic heterocycles. The van der Waals surface area contributed by atoms with Gasteiger partial charge in [-0.1, -0.05) is 6.42 Å². The van der Waals surface area contributed by atoms with Crippen molar-refractivity contribution in [1.82, 2.24) is 20.2 Å². The van der Waals surface area contributed by atoms with Crippen LogP contribution in [0.15, 0.2) is 11.0 Å². The second-order valence-electron chi connectivity index (χ2n) is 4.49. The third-order valence-electron chi connectivity index (χ3n) is 3.08. The Morgan fingerprint density at radius 2 is 2.35 bits per heavy atom. The summed E-state index contributed by atoms with van der Waals surface area (Å²) < 4.78 is 0. The monoisotopic (exact) mass is 238 g/mol. The average molecular weight is 238 g/mol. The van der Waals surface area contributed by atoms with E-state index in [0.29, 0.717) is 18.3 Å². The van der Waals surface area contributed by atoms with E-state index in [4.69, 9.17) is 0 Å². The molecule has 2 rings (SSSR count). The molecular formula is C11H18N4O2. The van der Waals surface area contributed by atoms with Crippen LogP contribution >= 0.6 is 0 Å². The molecule has 6 heteroatoms. The lowest BCUT2D eigenvalue weighted by molar-refractivity contribution is 0.0770. The minimum absolute atomic E-state index is 0.157. The van der Waals surface area contributed by atoms with E-state index in [9.17, 15) is 9.59 Å². The molecule has 94 valence electrons. The van der Waals surface area contributed by atoms with Gasteiger partial charge in [-0.25, -0.2) is 4.79 Å². The number of nitrogens with zero attached hydrogens (tertiary/aromatic N) is 1. The zero-order chi connectivity index (χ0) is 12.3.